The molecule has 0 fully saturated rings. The van der Waals surface area contributed by atoms with Gasteiger partial charge in [-0.3, -0.25) is 4.79 Å². The van der Waals surface area contributed by atoms with Gasteiger partial charge in [0.15, 0.2) is 17.6 Å². The summed E-state index contributed by atoms with van der Waals surface area (Å²) in [6.45, 7) is 2.67. The molecule has 0 aromatic heterocycles. The zero-order valence-electron chi connectivity index (χ0n) is 13.1. The SMILES string of the molecule is C[C@H](Oc1ccc(C#N)cc1)C(=O)Nc1ccc2c(c1)OCCO2. The smallest absolute Gasteiger partial charge is 0.265 e. The lowest BCUT2D eigenvalue weighted by molar-refractivity contribution is -0.122. The van der Waals surface area contributed by atoms with E-state index in [1.807, 2.05) is 6.07 Å². The maximum atomic E-state index is 12.2. The van der Waals surface area contributed by atoms with Crippen molar-refractivity contribution in [3.05, 3.63) is 48.0 Å². The maximum Gasteiger partial charge on any atom is 0.265 e. The predicted molar refractivity (Wildman–Crippen MR) is 87.3 cm³/mol. The molecule has 1 aliphatic rings. The molecule has 6 heteroatoms. The average molecular weight is 324 g/mol. The van der Waals surface area contributed by atoms with Crippen LogP contribution in [0.15, 0.2) is 42.5 Å². The van der Waals surface area contributed by atoms with Crippen LogP contribution in [0.1, 0.15) is 12.5 Å². The second-order valence-corrected chi connectivity index (χ2v) is 5.24. The molecule has 0 aliphatic carbocycles. The minimum absolute atomic E-state index is 0.281. The van der Waals surface area contributed by atoms with Gasteiger partial charge in [-0.15, -0.1) is 0 Å². The second kappa shape index (κ2) is 6.92. The molecule has 2 aromatic rings. The van der Waals surface area contributed by atoms with E-state index in [1.165, 1.54) is 0 Å². The van der Waals surface area contributed by atoms with E-state index in [1.54, 1.807) is 49.4 Å². The van der Waals surface area contributed by atoms with Crippen LogP contribution in [0, 0.1) is 11.3 Å². The van der Waals surface area contributed by atoms with Crippen molar-refractivity contribution in [3.63, 3.8) is 0 Å². The van der Waals surface area contributed by atoms with Crippen molar-refractivity contribution >= 4 is 11.6 Å². The number of benzene rings is 2. The van der Waals surface area contributed by atoms with Crippen molar-refractivity contribution in [1.29, 1.82) is 5.26 Å². The molecule has 1 atom stereocenters. The third-order valence-corrected chi connectivity index (χ3v) is 3.48. The maximum absolute atomic E-state index is 12.2. The van der Waals surface area contributed by atoms with E-state index in [2.05, 4.69) is 5.32 Å². The number of nitrogens with one attached hydrogen (secondary N) is 1. The number of amides is 1. The highest BCUT2D eigenvalue weighted by Gasteiger charge is 2.17. The average Bonchev–Trinajstić information content (AvgIpc) is 2.62. The van der Waals surface area contributed by atoms with Gasteiger partial charge in [-0.05, 0) is 43.3 Å². The first-order valence-corrected chi connectivity index (χ1v) is 7.53. The fourth-order valence-corrected chi connectivity index (χ4v) is 2.23. The van der Waals surface area contributed by atoms with E-state index in [-0.39, 0.29) is 5.91 Å². The molecule has 0 saturated carbocycles. The summed E-state index contributed by atoms with van der Waals surface area (Å²) in [5, 5.41) is 11.6. The molecular weight excluding hydrogens is 308 g/mol. The van der Waals surface area contributed by atoms with Gasteiger partial charge in [0, 0.05) is 11.8 Å². The molecule has 2 aromatic carbocycles. The van der Waals surface area contributed by atoms with E-state index in [9.17, 15) is 4.79 Å². The molecule has 0 spiro atoms. The van der Waals surface area contributed by atoms with Crippen LogP contribution < -0.4 is 19.5 Å². The number of nitriles is 1. The van der Waals surface area contributed by atoms with Crippen molar-refractivity contribution in [1.82, 2.24) is 0 Å². The Labute approximate surface area is 139 Å². The first-order chi connectivity index (χ1) is 11.7. The molecular formula is C18H16N2O4. The van der Waals surface area contributed by atoms with E-state index in [0.29, 0.717) is 41.7 Å². The van der Waals surface area contributed by atoms with Crippen molar-refractivity contribution in [3.8, 4) is 23.3 Å². The van der Waals surface area contributed by atoms with Gasteiger partial charge in [-0.2, -0.15) is 5.26 Å². The number of anilines is 1. The quantitative estimate of drug-likeness (QED) is 0.935. The molecule has 1 heterocycles. The monoisotopic (exact) mass is 324 g/mol. The van der Waals surface area contributed by atoms with Crippen LogP contribution in [0.2, 0.25) is 0 Å². The third-order valence-electron chi connectivity index (χ3n) is 3.48. The molecule has 0 bridgehead atoms. The number of ether oxygens (including phenoxy) is 3. The highest BCUT2D eigenvalue weighted by molar-refractivity contribution is 5.94. The van der Waals surface area contributed by atoms with E-state index in [4.69, 9.17) is 19.5 Å². The van der Waals surface area contributed by atoms with Crippen molar-refractivity contribution < 1.29 is 19.0 Å². The molecule has 3 rings (SSSR count). The Hall–Kier alpha value is -3.20. The van der Waals surface area contributed by atoms with Crippen LogP contribution in [-0.2, 0) is 4.79 Å². The molecule has 6 nitrogen and oxygen atoms in total. The summed E-state index contributed by atoms with van der Waals surface area (Å²) in [4.78, 5) is 12.2. The fraction of sp³-hybridized carbons (Fsp3) is 0.222. The highest BCUT2D eigenvalue weighted by Crippen LogP contribution is 2.32. The predicted octanol–water partition coefficient (Wildman–Crippen LogP) is 2.74. The Kier molecular flexibility index (Phi) is 4.52. The number of rotatable bonds is 4. The van der Waals surface area contributed by atoms with E-state index < -0.39 is 6.10 Å². The van der Waals surface area contributed by atoms with Gasteiger partial charge < -0.3 is 19.5 Å². The van der Waals surface area contributed by atoms with Gasteiger partial charge in [-0.1, -0.05) is 0 Å². The standard InChI is InChI=1S/C18H16N2O4/c1-12(24-15-5-2-13(11-19)3-6-15)18(21)20-14-4-7-16-17(10-14)23-9-8-22-16/h2-7,10,12H,8-9H2,1H3,(H,20,21)/t12-/m0/s1. The normalized spacial score (nSPS) is 13.5. The summed E-state index contributed by atoms with van der Waals surface area (Å²) in [7, 11) is 0. The van der Waals surface area contributed by atoms with E-state index >= 15 is 0 Å². The Morgan fingerprint density at radius 2 is 1.88 bits per heavy atom. The zero-order valence-corrected chi connectivity index (χ0v) is 13.1. The lowest BCUT2D eigenvalue weighted by Crippen LogP contribution is -2.30. The Morgan fingerprint density at radius 3 is 2.58 bits per heavy atom. The molecule has 1 N–H and O–H groups in total. The zero-order chi connectivity index (χ0) is 16.9. The van der Waals surface area contributed by atoms with Gasteiger partial charge >= 0.3 is 0 Å². The van der Waals surface area contributed by atoms with Crippen LogP contribution in [0.5, 0.6) is 17.2 Å². The van der Waals surface area contributed by atoms with Gasteiger partial charge in [0.1, 0.15) is 19.0 Å². The molecule has 1 aliphatic heterocycles. The molecule has 122 valence electrons. The number of fused-ring (bicyclic) bond motifs is 1. The van der Waals surface area contributed by atoms with Crippen LogP contribution in [-0.4, -0.2) is 25.2 Å². The minimum Gasteiger partial charge on any atom is -0.486 e. The van der Waals surface area contributed by atoms with Crippen molar-refractivity contribution in [2.75, 3.05) is 18.5 Å². The summed E-state index contributed by atoms with van der Waals surface area (Å²) in [6, 6.07) is 13.9. The Morgan fingerprint density at radius 1 is 1.17 bits per heavy atom. The summed E-state index contributed by atoms with van der Waals surface area (Å²) in [5.41, 5.74) is 1.15. The number of nitrogens with zero attached hydrogens (tertiary/aromatic N) is 1. The molecule has 1 amide bonds. The summed E-state index contributed by atoms with van der Waals surface area (Å²) in [6.07, 6.45) is -0.689. The van der Waals surface area contributed by atoms with Crippen LogP contribution in [0.4, 0.5) is 5.69 Å². The largest absolute Gasteiger partial charge is 0.486 e. The fourth-order valence-electron chi connectivity index (χ4n) is 2.23. The molecule has 0 saturated heterocycles. The van der Waals surface area contributed by atoms with Crippen LogP contribution >= 0.6 is 0 Å². The van der Waals surface area contributed by atoms with Crippen LogP contribution in [0.25, 0.3) is 0 Å². The van der Waals surface area contributed by atoms with Crippen molar-refractivity contribution in [2.24, 2.45) is 0 Å². The summed E-state index contributed by atoms with van der Waals surface area (Å²) >= 11 is 0. The number of carbonyl (C=O) groups is 1. The molecule has 0 radical (unpaired) electrons. The Balaban J connectivity index is 1.62. The van der Waals surface area contributed by atoms with Gasteiger partial charge in [-0.25, -0.2) is 0 Å². The van der Waals surface area contributed by atoms with E-state index in [0.717, 1.165) is 0 Å². The first-order valence-electron chi connectivity index (χ1n) is 7.53. The lowest BCUT2D eigenvalue weighted by Gasteiger charge is -2.19. The van der Waals surface area contributed by atoms with Gasteiger partial charge in [0.25, 0.3) is 5.91 Å². The first kappa shape index (κ1) is 15.7. The molecule has 24 heavy (non-hydrogen) atoms. The van der Waals surface area contributed by atoms with Crippen molar-refractivity contribution in [2.45, 2.75) is 13.0 Å². The number of hydrogen-bond acceptors (Lipinski definition) is 5. The number of carbonyl (C=O) groups excluding carboxylic acids is 1. The highest BCUT2D eigenvalue weighted by atomic mass is 16.6. The third kappa shape index (κ3) is 3.58. The van der Waals surface area contributed by atoms with Gasteiger partial charge in [0.05, 0.1) is 11.6 Å². The number of hydrogen-bond donors (Lipinski definition) is 1. The minimum atomic E-state index is -0.689. The topological polar surface area (TPSA) is 80.6 Å². The van der Waals surface area contributed by atoms with Crippen LogP contribution in [0.3, 0.4) is 0 Å². The lowest BCUT2D eigenvalue weighted by atomic mass is 10.2. The van der Waals surface area contributed by atoms with Gasteiger partial charge in [0.2, 0.25) is 0 Å². The Bertz CT molecular complexity index is 781. The summed E-state index contributed by atoms with van der Waals surface area (Å²) in [5.74, 6) is 1.52. The summed E-state index contributed by atoms with van der Waals surface area (Å²) < 4.78 is 16.5. The molecule has 0 unspecified atom stereocenters. The second-order valence-electron chi connectivity index (χ2n) is 5.24.